The first-order valence-electron chi connectivity index (χ1n) is 6.28. The van der Waals surface area contributed by atoms with Crippen molar-refractivity contribution in [2.24, 2.45) is 0 Å². The lowest BCUT2D eigenvalue weighted by Crippen LogP contribution is -2.42. The molecule has 0 amide bonds. The summed E-state index contributed by atoms with van der Waals surface area (Å²) in [5.74, 6) is 0.913. The summed E-state index contributed by atoms with van der Waals surface area (Å²) in [5, 5.41) is 3.36. The Labute approximate surface area is 143 Å². The maximum absolute atomic E-state index is 4.47. The summed E-state index contributed by atoms with van der Waals surface area (Å²) in [7, 11) is 0. The average Bonchev–Trinajstić information content (AvgIpc) is 2.95. The molecule has 0 saturated carbocycles. The molecule has 1 saturated heterocycles. The van der Waals surface area contributed by atoms with Gasteiger partial charge in [-0.05, 0) is 11.6 Å². The van der Waals surface area contributed by atoms with E-state index in [0.29, 0.717) is 0 Å². The van der Waals surface area contributed by atoms with Crippen LogP contribution in [0.3, 0.4) is 0 Å². The van der Waals surface area contributed by atoms with Gasteiger partial charge in [-0.1, -0.05) is 6.07 Å². The lowest BCUT2D eigenvalue weighted by Gasteiger charge is -2.27. The van der Waals surface area contributed by atoms with Crippen molar-refractivity contribution in [3.63, 3.8) is 0 Å². The van der Waals surface area contributed by atoms with Gasteiger partial charge in [0, 0.05) is 51.3 Å². The first kappa shape index (κ1) is 20.1. The first-order chi connectivity index (χ1) is 8.92. The minimum atomic E-state index is 0. The van der Waals surface area contributed by atoms with Crippen LogP contribution in [0.25, 0.3) is 5.82 Å². The molecule has 0 atom stereocenters. The fourth-order valence-corrected chi connectivity index (χ4v) is 2.19. The molecule has 1 aliphatic rings. The zero-order valence-corrected chi connectivity index (χ0v) is 14.0. The summed E-state index contributed by atoms with van der Waals surface area (Å²) >= 11 is 0. The molecule has 5 nitrogen and oxygen atoms in total. The monoisotopic (exact) mass is 351 g/mol. The van der Waals surface area contributed by atoms with Crippen molar-refractivity contribution in [1.29, 1.82) is 0 Å². The standard InChI is InChI=1S/C13H17N5.3ClH/c1-2-13(18-8-5-15-11-18)16-9-12(1)10-17-6-3-14-4-7-17;;;/h1-2,5,8-9,11,14H,3-4,6-7,10H2;3*1H. The van der Waals surface area contributed by atoms with Crippen LogP contribution in [0, 0.1) is 0 Å². The summed E-state index contributed by atoms with van der Waals surface area (Å²) in [6.07, 6.45) is 7.38. The highest BCUT2D eigenvalue weighted by Crippen LogP contribution is 2.08. The van der Waals surface area contributed by atoms with Crippen LogP contribution in [-0.4, -0.2) is 45.6 Å². The predicted octanol–water partition coefficient (Wildman–Crippen LogP) is 1.94. The third kappa shape index (κ3) is 5.45. The molecule has 0 unspecified atom stereocenters. The van der Waals surface area contributed by atoms with Crippen LogP contribution in [0.15, 0.2) is 37.1 Å². The van der Waals surface area contributed by atoms with Gasteiger partial charge in [-0.15, -0.1) is 37.2 Å². The molecule has 2 aromatic rings. The largest absolute Gasteiger partial charge is 0.314 e. The topological polar surface area (TPSA) is 46.0 Å². The first-order valence-corrected chi connectivity index (χ1v) is 6.28. The second-order valence-corrected chi connectivity index (χ2v) is 4.52. The molecule has 1 fully saturated rings. The van der Waals surface area contributed by atoms with E-state index in [-0.39, 0.29) is 37.2 Å². The Hall–Kier alpha value is -0.850. The number of hydrogen-bond donors (Lipinski definition) is 1. The normalized spacial score (nSPS) is 14.5. The number of halogens is 3. The number of hydrogen-bond acceptors (Lipinski definition) is 4. The van der Waals surface area contributed by atoms with E-state index in [2.05, 4.69) is 26.3 Å². The summed E-state index contributed by atoms with van der Waals surface area (Å²) < 4.78 is 1.91. The number of imidazole rings is 1. The lowest BCUT2D eigenvalue weighted by molar-refractivity contribution is 0.233. The van der Waals surface area contributed by atoms with Gasteiger partial charge < -0.3 is 5.32 Å². The van der Waals surface area contributed by atoms with Crippen LogP contribution in [0.2, 0.25) is 0 Å². The van der Waals surface area contributed by atoms with Gasteiger partial charge in [0.2, 0.25) is 0 Å². The van der Waals surface area contributed by atoms with Crippen molar-refractivity contribution in [3.05, 3.63) is 42.6 Å². The second kappa shape index (κ2) is 9.97. The smallest absolute Gasteiger partial charge is 0.137 e. The Balaban J connectivity index is 0.00000133. The zero-order chi connectivity index (χ0) is 12.2. The molecule has 3 heterocycles. The van der Waals surface area contributed by atoms with Crippen molar-refractivity contribution in [2.75, 3.05) is 26.2 Å². The van der Waals surface area contributed by atoms with E-state index in [1.807, 2.05) is 23.0 Å². The fraction of sp³-hybridized carbons (Fsp3) is 0.385. The van der Waals surface area contributed by atoms with E-state index < -0.39 is 0 Å². The molecule has 0 radical (unpaired) electrons. The van der Waals surface area contributed by atoms with E-state index in [9.17, 15) is 0 Å². The van der Waals surface area contributed by atoms with Gasteiger partial charge in [0.15, 0.2) is 0 Å². The highest BCUT2D eigenvalue weighted by molar-refractivity contribution is 5.86. The molecule has 0 aliphatic carbocycles. The fourth-order valence-electron chi connectivity index (χ4n) is 2.19. The second-order valence-electron chi connectivity index (χ2n) is 4.52. The third-order valence-corrected chi connectivity index (χ3v) is 3.19. The van der Waals surface area contributed by atoms with Crippen molar-refractivity contribution >= 4 is 37.2 Å². The van der Waals surface area contributed by atoms with Crippen LogP contribution in [0.5, 0.6) is 0 Å². The van der Waals surface area contributed by atoms with Crippen molar-refractivity contribution in [1.82, 2.24) is 24.8 Å². The summed E-state index contributed by atoms with van der Waals surface area (Å²) in [4.78, 5) is 10.9. The molecule has 21 heavy (non-hydrogen) atoms. The third-order valence-electron chi connectivity index (χ3n) is 3.19. The molecule has 8 heteroatoms. The molecular weight excluding hydrogens is 333 g/mol. The minimum absolute atomic E-state index is 0. The number of pyridine rings is 1. The van der Waals surface area contributed by atoms with Gasteiger partial charge in [-0.2, -0.15) is 0 Å². The molecule has 2 aromatic heterocycles. The van der Waals surface area contributed by atoms with Gasteiger partial charge in [0.25, 0.3) is 0 Å². The quantitative estimate of drug-likeness (QED) is 0.917. The molecule has 3 rings (SSSR count). The summed E-state index contributed by atoms with van der Waals surface area (Å²) in [5.41, 5.74) is 1.26. The molecule has 1 N–H and O–H groups in total. The van der Waals surface area contributed by atoms with Crippen molar-refractivity contribution in [2.45, 2.75) is 6.54 Å². The Morgan fingerprint density at radius 2 is 1.86 bits per heavy atom. The van der Waals surface area contributed by atoms with Gasteiger partial charge in [0.1, 0.15) is 12.1 Å². The summed E-state index contributed by atoms with van der Waals surface area (Å²) in [6.45, 7) is 5.38. The van der Waals surface area contributed by atoms with E-state index in [0.717, 1.165) is 38.5 Å². The van der Waals surface area contributed by atoms with Crippen molar-refractivity contribution in [3.8, 4) is 5.82 Å². The molecular formula is C13H20Cl3N5. The van der Waals surface area contributed by atoms with Crippen molar-refractivity contribution < 1.29 is 0 Å². The van der Waals surface area contributed by atoms with E-state index in [1.54, 1.807) is 12.5 Å². The maximum atomic E-state index is 4.47. The van der Waals surface area contributed by atoms with E-state index in [1.165, 1.54) is 5.56 Å². The molecule has 118 valence electrons. The summed E-state index contributed by atoms with van der Waals surface area (Å²) in [6, 6.07) is 4.18. The van der Waals surface area contributed by atoms with E-state index >= 15 is 0 Å². The maximum Gasteiger partial charge on any atom is 0.137 e. The van der Waals surface area contributed by atoms with Gasteiger partial charge in [0.05, 0.1) is 0 Å². The Morgan fingerprint density at radius 3 is 2.43 bits per heavy atom. The molecule has 0 bridgehead atoms. The highest BCUT2D eigenvalue weighted by atomic mass is 35.5. The Bertz CT molecular complexity index is 483. The molecule has 0 aromatic carbocycles. The minimum Gasteiger partial charge on any atom is -0.314 e. The predicted molar refractivity (Wildman–Crippen MR) is 91.2 cm³/mol. The van der Waals surface area contributed by atoms with Crippen LogP contribution >= 0.6 is 37.2 Å². The van der Waals surface area contributed by atoms with Gasteiger partial charge in [-0.3, -0.25) is 9.47 Å². The lowest BCUT2D eigenvalue weighted by atomic mass is 10.2. The molecule has 0 spiro atoms. The van der Waals surface area contributed by atoms with Crippen LogP contribution in [0.1, 0.15) is 5.56 Å². The SMILES string of the molecule is Cl.Cl.Cl.c1cn(-c2ccc(CN3CCNCC3)cn2)cn1. The highest BCUT2D eigenvalue weighted by Gasteiger charge is 2.09. The number of aromatic nitrogens is 3. The molecule has 1 aliphatic heterocycles. The van der Waals surface area contributed by atoms with Gasteiger partial charge >= 0.3 is 0 Å². The van der Waals surface area contributed by atoms with Gasteiger partial charge in [-0.25, -0.2) is 9.97 Å². The van der Waals surface area contributed by atoms with Crippen LogP contribution < -0.4 is 5.32 Å². The number of rotatable bonds is 3. The Kier molecular flexibility index (Phi) is 9.57. The Morgan fingerprint density at radius 1 is 1.10 bits per heavy atom. The average molecular weight is 353 g/mol. The number of piperazine rings is 1. The number of nitrogens with one attached hydrogen (secondary N) is 1. The van der Waals surface area contributed by atoms with E-state index in [4.69, 9.17) is 0 Å². The van der Waals surface area contributed by atoms with Crippen LogP contribution in [-0.2, 0) is 6.54 Å². The number of nitrogens with zero attached hydrogens (tertiary/aromatic N) is 4. The zero-order valence-electron chi connectivity index (χ0n) is 11.5. The van der Waals surface area contributed by atoms with Crippen LogP contribution in [0.4, 0.5) is 0 Å².